The van der Waals surface area contributed by atoms with Crippen LogP contribution in [0.1, 0.15) is 31.7 Å². The fourth-order valence-corrected chi connectivity index (χ4v) is 5.42. The van der Waals surface area contributed by atoms with E-state index in [9.17, 15) is 8.42 Å². The van der Waals surface area contributed by atoms with E-state index < -0.39 is 10.0 Å². The van der Waals surface area contributed by atoms with Crippen LogP contribution in [0.4, 0.5) is 0 Å². The maximum absolute atomic E-state index is 12.7. The van der Waals surface area contributed by atoms with E-state index in [0.717, 1.165) is 24.8 Å². The number of nitrogens with zero attached hydrogens (tertiary/aromatic N) is 1. The Morgan fingerprint density at radius 3 is 2.80 bits per heavy atom. The van der Waals surface area contributed by atoms with E-state index in [-0.39, 0.29) is 0 Å². The molecule has 0 N–H and O–H groups in total. The average Bonchev–Trinajstić information content (AvgIpc) is 2.88. The van der Waals surface area contributed by atoms with Gasteiger partial charge in [0.15, 0.2) is 0 Å². The Kier molecular flexibility index (Phi) is 5.51. The molecule has 0 aliphatic carbocycles. The molecule has 112 valence electrons. The number of alkyl halides is 1. The molecule has 3 nitrogen and oxygen atoms in total. The molecule has 0 amide bonds. The molecular formula is C14H19BrClNO2S. The Hall–Kier alpha value is -0.100. The molecule has 1 unspecified atom stereocenters. The number of hydrogen-bond donors (Lipinski definition) is 0. The van der Waals surface area contributed by atoms with Gasteiger partial charge in [-0.05, 0) is 52.4 Å². The van der Waals surface area contributed by atoms with Gasteiger partial charge in [0.25, 0.3) is 0 Å². The summed E-state index contributed by atoms with van der Waals surface area (Å²) in [4.78, 5) is 0.337. The van der Waals surface area contributed by atoms with Gasteiger partial charge in [-0.15, -0.1) is 11.6 Å². The molecule has 1 aromatic rings. The first kappa shape index (κ1) is 16.3. The third-order valence-corrected chi connectivity index (χ3v) is 6.86. The van der Waals surface area contributed by atoms with Gasteiger partial charge in [-0.2, -0.15) is 4.31 Å². The SMILES string of the molecule is CCCC1CCN(S(=O)(=O)c2ccc(CCl)cc2Br)C1. The van der Waals surface area contributed by atoms with Crippen LogP contribution < -0.4 is 0 Å². The van der Waals surface area contributed by atoms with Gasteiger partial charge in [0, 0.05) is 23.4 Å². The third kappa shape index (κ3) is 3.38. The van der Waals surface area contributed by atoms with Crippen molar-refractivity contribution in [1.82, 2.24) is 4.31 Å². The van der Waals surface area contributed by atoms with Crippen LogP contribution >= 0.6 is 27.5 Å². The van der Waals surface area contributed by atoms with Crippen LogP contribution in [0.15, 0.2) is 27.6 Å². The lowest BCUT2D eigenvalue weighted by molar-refractivity contribution is 0.444. The molecule has 1 fully saturated rings. The van der Waals surface area contributed by atoms with Gasteiger partial charge >= 0.3 is 0 Å². The van der Waals surface area contributed by atoms with Gasteiger partial charge in [0.2, 0.25) is 10.0 Å². The first-order chi connectivity index (χ1) is 9.48. The molecule has 6 heteroatoms. The number of halogens is 2. The van der Waals surface area contributed by atoms with E-state index in [2.05, 4.69) is 22.9 Å². The molecular weight excluding hydrogens is 362 g/mol. The first-order valence-corrected chi connectivity index (χ1v) is 9.60. The van der Waals surface area contributed by atoms with E-state index in [1.165, 1.54) is 0 Å². The lowest BCUT2D eigenvalue weighted by Crippen LogP contribution is -2.29. The summed E-state index contributed by atoms with van der Waals surface area (Å²) in [6.45, 7) is 3.40. The molecule has 0 saturated carbocycles. The molecule has 1 aliphatic heterocycles. The van der Waals surface area contributed by atoms with Gasteiger partial charge in [0.05, 0.1) is 4.90 Å². The number of sulfonamides is 1. The quantitative estimate of drug-likeness (QED) is 0.724. The van der Waals surface area contributed by atoms with E-state index >= 15 is 0 Å². The van der Waals surface area contributed by atoms with Crippen molar-refractivity contribution in [3.63, 3.8) is 0 Å². The first-order valence-electron chi connectivity index (χ1n) is 6.83. The molecule has 20 heavy (non-hydrogen) atoms. The predicted octanol–water partition coefficient (Wildman–Crippen LogP) is 4.00. The molecule has 1 heterocycles. The monoisotopic (exact) mass is 379 g/mol. The summed E-state index contributed by atoms with van der Waals surface area (Å²) >= 11 is 9.12. The van der Waals surface area contributed by atoms with Crippen molar-refractivity contribution in [2.24, 2.45) is 5.92 Å². The lowest BCUT2D eigenvalue weighted by Gasteiger charge is -2.18. The van der Waals surface area contributed by atoms with E-state index in [1.807, 2.05) is 0 Å². The Bertz CT molecular complexity index is 577. The minimum absolute atomic E-state index is 0.337. The van der Waals surface area contributed by atoms with Crippen LogP contribution in [0.25, 0.3) is 0 Å². The molecule has 0 bridgehead atoms. The maximum Gasteiger partial charge on any atom is 0.244 e. The summed E-state index contributed by atoms with van der Waals surface area (Å²) in [6, 6.07) is 5.19. The van der Waals surface area contributed by atoms with Gasteiger partial charge in [-0.3, -0.25) is 0 Å². The van der Waals surface area contributed by atoms with Crippen molar-refractivity contribution >= 4 is 37.6 Å². The number of hydrogen-bond acceptors (Lipinski definition) is 2. The standard InChI is InChI=1S/C14H19BrClNO2S/c1-2-3-11-6-7-17(10-11)20(18,19)14-5-4-12(9-16)8-13(14)15/h4-5,8,11H,2-3,6-7,9-10H2,1H3. The highest BCUT2D eigenvalue weighted by molar-refractivity contribution is 9.10. The largest absolute Gasteiger partial charge is 0.244 e. The highest BCUT2D eigenvalue weighted by Crippen LogP contribution is 2.31. The van der Waals surface area contributed by atoms with Gasteiger partial charge in [-0.25, -0.2) is 8.42 Å². The molecule has 0 radical (unpaired) electrons. The van der Waals surface area contributed by atoms with Gasteiger partial charge < -0.3 is 0 Å². The Morgan fingerprint density at radius 1 is 1.45 bits per heavy atom. The molecule has 2 rings (SSSR count). The highest BCUT2D eigenvalue weighted by atomic mass is 79.9. The fraction of sp³-hybridized carbons (Fsp3) is 0.571. The predicted molar refractivity (Wildman–Crippen MR) is 85.5 cm³/mol. The topological polar surface area (TPSA) is 37.4 Å². The second-order valence-corrected chi connectivity index (χ2v) is 8.23. The molecule has 1 aliphatic rings. The zero-order valence-electron chi connectivity index (χ0n) is 11.5. The average molecular weight is 381 g/mol. The van der Waals surface area contributed by atoms with Crippen LogP contribution in [0.2, 0.25) is 0 Å². The summed E-state index contributed by atoms with van der Waals surface area (Å²) in [5.74, 6) is 0.872. The van der Waals surface area contributed by atoms with E-state index in [0.29, 0.717) is 34.3 Å². The van der Waals surface area contributed by atoms with Crippen molar-refractivity contribution in [2.45, 2.75) is 37.0 Å². The summed E-state index contributed by atoms with van der Waals surface area (Å²) in [7, 11) is -3.40. The van der Waals surface area contributed by atoms with E-state index in [4.69, 9.17) is 11.6 Å². The van der Waals surface area contributed by atoms with Gasteiger partial charge in [0.1, 0.15) is 0 Å². The summed E-state index contributed by atoms with van der Waals surface area (Å²) in [5.41, 5.74) is 0.905. The van der Waals surface area contributed by atoms with Crippen molar-refractivity contribution < 1.29 is 8.42 Å². The zero-order chi connectivity index (χ0) is 14.8. The van der Waals surface area contributed by atoms with Crippen molar-refractivity contribution in [1.29, 1.82) is 0 Å². The Balaban J connectivity index is 2.23. The van der Waals surface area contributed by atoms with Gasteiger partial charge in [-0.1, -0.05) is 19.4 Å². The Morgan fingerprint density at radius 2 is 2.20 bits per heavy atom. The summed E-state index contributed by atoms with van der Waals surface area (Å²) in [6.07, 6.45) is 3.16. The molecule has 0 aromatic heterocycles. The number of benzene rings is 1. The Labute approximate surface area is 134 Å². The highest BCUT2D eigenvalue weighted by Gasteiger charge is 2.33. The zero-order valence-corrected chi connectivity index (χ0v) is 14.6. The van der Waals surface area contributed by atoms with Crippen molar-refractivity contribution in [3.05, 3.63) is 28.2 Å². The normalized spacial score (nSPS) is 20.4. The number of rotatable bonds is 5. The van der Waals surface area contributed by atoms with Crippen LogP contribution in [0.5, 0.6) is 0 Å². The van der Waals surface area contributed by atoms with Crippen LogP contribution in [0.3, 0.4) is 0 Å². The second-order valence-electron chi connectivity index (χ2n) is 5.20. The van der Waals surface area contributed by atoms with Crippen molar-refractivity contribution in [3.8, 4) is 0 Å². The van der Waals surface area contributed by atoms with Crippen LogP contribution in [-0.4, -0.2) is 25.8 Å². The lowest BCUT2D eigenvalue weighted by atomic mass is 10.0. The molecule has 1 saturated heterocycles. The van der Waals surface area contributed by atoms with E-state index in [1.54, 1.807) is 22.5 Å². The fourth-order valence-electron chi connectivity index (χ4n) is 2.64. The smallest absolute Gasteiger partial charge is 0.207 e. The van der Waals surface area contributed by atoms with Crippen molar-refractivity contribution in [2.75, 3.05) is 13.1 Å². The third-order valence-electron chi connectivity index (χ3n) is 3.71. The summed E-state index contributed by atoms with van der Waals surface area (Å²) in [5, 5.41) is 0. The minimum atomic E-state index is -3.40. The van der Waals surface area contributed by atoms with Crippen LogP contribution in [0, 0.1) is 5.92 Å². The summed E-state index contributed by atoms with van der Waals surface area (Å²) < 4.78 is 27.5. The minimum Gasteiger partial charge on any atom is -0.207 e. The van der Waals surface area contributed by atoms with Crippen LogP contribution in [-0.2, 0) is 15.9 Å². The second kappa shape index (κ2) is 6.77. The molecule has 1 aromatic carbocycles. The molecule has 1 atom stereocenters. The molecule has 0 spiro atoms. The maximum atomic E-state index is 12.7.